The summed E-state index contributed by atoms with van der Waals surface area (Å²) >= 11 is 0. The lowest BCUT2D eigenvalue weighted by atomic mass is 9.72. The molecule has 3 nitrogen and oxygen atoms in total. The first-order valence-corrected chi connectivity index (χ1v) is 10.2. The van der Waals surface area contributed by atoms with Crippen LogP contribution in [0.3, 0.4) is 0 Å². The Labute approximate surface area is 158 Å². The molecule has 0 radical (unpaired) electrons. The van der Waals surface area contributed by atoms with E-state index in [0.29, 0.717) is 42.8 Å². The number of halogens is 2. The van der Waals surface area contributed by atoms with E-state index < -0.39 is 11.6 Å². The fourth-order valence-electron chi connectivity index (χ4n) is 5.15. The van der Waals surface area contributed by atoms with Crippen molar-refractivity contribution in [2.24, 2.45) is 11.8 Å². The van der Waals surface area contributed by atoms with Crippen LogP contribution in [-0.4, -0.2) is 25.6 Å². The first-order valence-electron chi connectivity index (χ1n) is 10.2. The predicted molar refractivity (Wildman–Crippen MR) is 97.0 cm³/mol. The molecule has 27 heavy (non-hydrogen) atoms. The zero-order valence-electron chi connectivity index (χ0n) is 15.5. The first-order chi connectivity index (χ1) is 13.2. The second-order valence-corrected chi connectivity index (χ2v) is 8.36. The van der Waals surface area contributed by atoms with Gasteiger partial charge in [-0.25, -0.2) is 8.78 Å². The minimum absolute atomic E-state index is 0.263. The monoisotopic (exact) mass is 376 g/mol. The summed E-state index contributed by atoms with van der Waals surface area (Å²) in [6.45, 7) is 1.92. The van der Waals surface area contributed by atoms with Gasteiger partial charge < -0.3 is 14.2 Å². The molecule has 0 bridgehead atoms. The number of rotatable bonds is 3. The molecule has 146 valence electrons. The number of benzene rings is 1. The normalized spacial score (nSPS) is 30.5. The highest BCUT2D eigenvalue weighted by atomic mass is 19.2. The highest BCUT2D eigenvalue weighted by Gasteiger charge is 2.42. The molecule has 2 heterocycles. The quantitative estimate of drug-likeness (QED) is 0.684. The third kappa shape index (κ3) is 3.34. The van der Waals surface area contributed by atoms with E-state index in [9.17, 15) is 8.78 Å². The summed E-state index contributed by atoms with van der Waals surface area (Å²) < 4.78 is 45.6. The molecular weight excluding hydrogens is 350 g/mol. The average Bonchev–Trinajstić information content (AvgIpc) is 3.45. The van der Waals surface area contributed by atoms with Crippen molar-refractivity contribution < 1.29 is 23.0 Å². The zero-order chi connectivity index (χ0) is 18.4. The van der Waals surface area contributed by atoms with Gasteiger partial charge in [-0.15, -0.1) is 0 Å². The molecule has 4 aliphatic rings. The van der Waals surface area contributed by atoms with Gasteiger partial charge in [-0.1, -0.05) is 18.2 Å². The topological polar surface area (TPSA) is 31.0 Å². The smallest absolute Gasteiger partial charge is 0.168 e. The molecule has 5 rings (SSSR count). The summed E-state index contributed by atoms with van der Waals surface area (Å²) in [5.74, 6) is -0.466. The van der Waals surface area contributed by atoms with E-state index in [2.05, 4.69) is 6.08 Å². The second-order valence-electron chi connectivity index (χ2n) is 8.36. The first kappa shape index (κ1) is 17.8. The number of ether oxygens (including phenoxy) is 3. The summed E-state index contributed by atoms with van der Waals surface area (Å²) in [5.41, 5.74) is 1.71. The minimum Gasteiger partial charge on any atom is -0.368 e. The van der Waals surface area contributed by atoms with Gasteiger partial charge in [0.05, 0.1) is 19.8 Å². The molecule has 1 spiro atoms. The molecule has 3 fully saturated rings. The molecular formula is C22H26F2O3. The van der Waals surface area contributed by atoms with E-state index in [1.54, 1.807) is 12.1 Å². The summed E-state index contributed by atoms with van der Waals surface area (Å²) in [4.78, 5) is 0. The lowest BCUT2D eigenvalue weighted by molar-refractivity contribution is -0.184. The van der Waals surface area contributed by atoms with Gasteiger partial charge in [0.2, 0.25) is 0 Å². The molecule has 2 aliphatic heterocycles. The van der Waals surface area contributed by atoms with Crippen LogP contribution < -0.4 is 0 Å². The largest absolute Gasteiger partial charge is 0.368 e. The third-order valence-electron chi connectivity index (χ3n) is 6.86. The van der Waals surface area contributed by atoms with E-state index in [1.807, 2.05) is 0 Å². The van der Waals surface area contributed by atoms with Gasteiger partial charge in [0.1, 0.15) is 6.10 Å². The molecule has 0 N–H and O–H groups in total. The van der Waals surface area contributed by atoms with Gasteiger partial charge in [-0.05, 0) is 49.5 Å². The maximum absolute atomic E-state index is 14.6. The lowest BCUT2D eigenvalue weighted by Gasteiger charge is -2.39. The molecule has 0 amide bonds. The maximum atomic E-state index is 14.6. The van der Waals surface area contributed by atoms with Gasteiger partial charge in [0.25, 0.3) is 0 Å². The van der Waals surface area contributed by atoms with Crippen molar-refractivity contribution in [3.8, 4) is 0 Å². The van der Waals surface area contributed by atoms with E-state index in [0.717, 1.165) is 50.5 Å². The Bertz CT molecular complexity index is 740. The van der Waals surface area contributed by atoms with Gasteiger partial charge in [-0.2, -0.15) is 0 Å². The Balaban J connectivity index is 1.25. The van der Waals surface area contributed by atoms with Gasteiger partial charge in [-0.3, -0.25) is 0 Å². The van der Waals surface area contributed by atoms with E-state index in [4.69, 9.17) is 14.2 Å². The highest BCUT2D eigenvalue weighted by molar-refractivity contribution is 5.67. The maximum Gasteiger partial charge on any atom is 0.168 e. The SMILES string of the molecule is Fc1c(C2=CCC(C3CCC4(CC3)OCCO4)CC2)ccc(C2CO2)c1F. The van der Waals surface area contributed by atoms with E-state index in [-0.39, 0.29) is 11.9 Å². The van der Waals surface area contributed by atoms with Crippen LogP contribution in [0.4, 0.5) is 8.78 Å². The van der Waals surface area contributed by atoms with Crippen molar-refractivity contribution in [1.82, 2.24) is 0 Å². The summed E-state index contributed by atoms with van der Waals surface area (Å²) in [6.07, 6.45) is 8.90. The molecule has 2 saturated heterocycles. The van der Waals surface area contributed by atoms with E-state index >= 15 is 0 Å². The number of hydrogen-bond donors (Lipinski definition) is 0. The Morgan fingerprint density at radius 2 is 1.67 bits per heavy atom. The number of epoxide rings is 1. The van der Waals surface area contributed by atoms with Crippen molar-refractivity contribution >= 4 is 5.57 Å². The summed E-state index contributed by atoms with van der Waals surface area (Å²) in [5, 5.41) is 0. The van der Waals surface area contributed by atoms with Crippen molar-refractivity contribution in [3.63, 3.8) is 0 Å². The van der Waals surface area contributed by atoms with Crippen LogP contribution >= 0.6 is 0 Å². The summed E-state index contributed by atoms with van der Waals surface area (Å²) in [7, 11) is 0. The Hall–Kier alpha value is -1.30. The van der Waals surface area contributed by atoms with Crippen LogP contribution in [0.1, 0.15) is 62.2 Å². The molecule has 2 unspecified atom stereocenters. The van der Waals surface area contributed by atoms with Crippen molar-refractivity contribution in [1.29, 1.82) is 0 Å². The Kier molecular flexibility index (Phi) is 4.57. The standard InChI is InChI=1S/C22H26F2O3/c23-20-17(5-6-18(21(20)24)19-13-25-19)16-3-1-14(2-4-16)15-7-9-22(10-8-15)26-11-12-27-22/h3,5-6,14-15,19H,1-2,4,7-13H2. The van der Waals surface area contributed by atoms with Crippen LogP contribution in [0.25, 0.3) is 5.57 Å². The van der Waals surface area contributed by atoms with Gasteiger partial charge in [0, 0.05) is 24.0 Å². The van der Waals surface area contributed by atoms with Gasteiger partial charge in [0.15, 0.2) is 17.4 Å². The van der Waals surface area contributed by atoms with E-state index in [1.165, 1.54) is 0 Å². The Morgan fingerprint density at radius 1 is 0.926 bits per heavy atom. The molecule has 0 aromatic heterocycles. The fraction of sp³-hybridized carbons (Fsp3) is 0.636. The van der Waals surface area contributed by atoms with Crippen LogP contribution in [0, 0.1) is 23.5 Å². The fourth-order valence-corrected chi connectivity index (χ4v) is 5.15. The molecule has 5 heteroatoms. The zero-order valence-corrected chi connectivity index (χ0v) is 15.5. The van der Waals surface area contributed by atoms with Crippen molar-refractivity contribution in [2.45, 2.75) is 56.8 Å². The van der Waals surface area contributed by atoms with Crippen molar-refractivity contribution in [2.75, 3.05) is 19.8 Å². The summed E-state index contributed by atoms with van der Waals surface area (Å²) in [6, 6.07) is 3.40. The number of hydrogen-bond acceptors (Lipinski definition) is 3. The molecule has 1 saturated carbocycles. The Morgan fingerprint density at radius 3 is 2.30 bits per heavy atom. The number of allylic oxidation sites excluding steroid dienone is 2. The molecule has 1 aromatic rings. The minimum atomic E-state index is -0.743. The highest BCUT2D eigenvalue weighted by Crippen LogP contribution is 2.45. The second kappa shape index (κ2) is 6.94. The lowest BCUT2D eigenvalue weighted by Crippen LogP contribution is -2.37. The van der Waals surface area contributed by atoms with Crippen LogP contribution in [0.2, 0.25) is 0 Å². The van der Waals surface area contributed by atoms with Crippen LogP contribution in [0.15, 0.2) is 18.2 Å². The average molecular weight is 376 g/mol. The molecule has 2 atom stereocenters. The predicted octanol–water partition coefficient (Wildman–Crippen LogP) is 5.15. The third-order valence-corrected chi connectivity index (χ3v) is 6.86. The van der Waals surface area contributed by atoms with Crippen LogP contribution in [0.5, 0.6) is 0 Å². The van der Waals surface area contributed by atoms with Crippen molar-refractivity contribution in [3.05, 3.63) is 41.0 Å². The molecule has 2 aliphatic carbocycles. The molecule has 1 aromatic carbocycles. The van der Waals surface area contributed by atoms with Crippen LogP contribution in [-0.2, 0) is 14.2 Å². The van der Waals surface area contributed by atoms with Gasteiger partial charge >= 0.3 is 0 Å².